The normalized spacial score (nSPS) is 14.5. The minimum absolute atomic E-state index is 0.0485. The molecule has 41 heavy (non-hydrogen) atoms. The second kappa shape index (κ2) is 12.1. The zero-order valence-corrected chi connectivity index (χ0v) is 23.3. The van der Waals surface area contributed by atoms with Crippen LogP contribution in [0.15, 0.2) is 71.5 Å². The Kier molecular flexibility index (Phi) is 8.32. The van der Waals surface area contributed by atoms with E-state index in [-0.39, 0.29) is 33.8 Å². The number of anilines is 1. The Morgan fingerprint density at radius 2 is 1.61 bits per heavy atom. The van der Waals surface area contributed by atoms with Crippen LogP contribution in [0.25, 0.3) is 11.0 Å². The number of nitrogens with one attached hydrogen (secondary N) is 3. The summed E-state index contributed by atoms with van der Waals surface area (Å²) in [6, 6.07) is 17.2. The van der Waals surface area contributed by atoms with E-state index in [4.69, 9.17) is 23.2 Å². The molecule has 1 unspecified atom stereocenters. The second-order valence-corrected chi connectivity index (χ2v) is 10.6. The predicted octanol–water partition coefficient (Wildman–Crippen LogP) is 4.93. The molecule has 0 saturated carbocycles. The molecule has 1 aliphatic rings. The molecule has 3 amide bonds. The van der Waals surface area contributed by atoms with E-state index in [2.05, 4.69) is 15.6 Å². The van der Waals surface area contributed by atoms with Crippen molar-refractivity contribution >= 4 is 57.8 Å². The molecular weight excluding hydrogens is 569 g/mol. The van der Waals surface area contributed by atoms with E-state index >= 15 is 0 Å². The number of para-hydroxylation sites is 2. The first kappa shape index (κ1) is 28.3. The van der Waals surface area contributed by atoms with Gasteiger partial charge in [0.1, 0.15) is 6.04 Å². The lowest BCUT2D eigenvalue weighted by Crippen LogP contribution is -2.51. The minimum atomic E-state index is -1.16. The van der Waals surface area contributed by atoms with Crippen LogP contribution >= 0.6 is 23.2 Å². The number of carbonyl (C=O) groups is 3. The average molecular weight is 596 g/mol. The number of amides is 3. The predicted molar refractivity (Wildman–Crippen MR) is 157 cm³/mol. The molecule has 5 rings (SSSR count). The molecule has 3 aromatic carbocycles. The number of imidazole rings is 1. The molecular formula is C29H27Cl2N5O5. The van der Waals surface area contributed by atoms with Crippen molar-refractivity contribution in [3.63, 3.8) is 0 Å². The number of rotatable bonds is 7. The molecule has 0 aliphatic carbocycles. The average Bonchev–Trinajstić information content (AvgIpc) is 3.29. The number of likely N-dealkylation sites (tertiary alicyclic amines) is 1. The molecule has 1 aliphatic heterocycles. The standard InChI is InChI=1S/C29H27Cl2N5O5/c30-20-4-3-5-21(31)25(20)26(37)32-18-10-8-17(9-11-18)16-23(27(38)39)34-28(40)35-14-12-19(13-15-35)36-24-7-2-1-6-22(24)33-29(36)41/h1-11,19,23H,12-16H2,(H,32,37)(H,33,41)(H,34,40)(H,38,39). The fourth-order valence-electron chi connectivity index (χ4n) is 5.07. The molecule has 1 aromatic heterocycles. The fourth-order valence-corrected chi connectivity index (χ4v) is 5.64. The number of carboxylic acids is 1. The smallest absolute Gasteiger partial charge is 0.326 e. The summed E-state index contributed by atoms with van der Waals surface area (Å²) in [7, 11) is 0. The van der Waals surface area contributed by atoms with Gasteiger partial charge in [-0.2, -0.15) is 0 Å². The summed E-state index contributed by atoms with van der Waals surface area (Å²) in [4.78, 5) is 54.5. The topological polar surface area (TPSA) is 137 Å². The third kappa shape index (κ3) is 6.23. The van der Waals surface area contributed by atoms with Gasteiger partial charge in [0.05, 0.1) is 26.6 Å². The fraction of sp³-hybridized carbons (Fsp3) is 0.241. The van der Waals surface area contributed by atoms with Gasteiger partial charge < -0.3 is 25.6 Å². The summed E-state index contributed by atoms with van der Waals surface area (Å²) < 4.78 is 1.74. The Balaban J connectivity index is 1.17. The van der Waals surface area contributed by atoms with Crippen LogP contribution < -0.4 is 16.3 Å². The van der Waals surface area contributed by atoms with Crippen molar-refractivity contribution in [3.05, 3.63) is 98.4 Å². The van der Waals surface area contributed by atoms with Gasteiger partial charge in [0.2, 0.25) is 0 Å². The van der Waals surface area contributed by atoms with Crippen molar-refractivity contribution in [2.45, 2.75) is 31.3 Å². The van der Waals surface area contributed by atoms with E-state index in [0.29, 0.717) is 37.2 Å². The van der Waals surface area contributed by atoms with E-state index in [9.17, 15) is 24.3 Å². The van der Waals surface area contributed by atoms with E-state index in [1.54, 1.807) is 51.9 Å². The summed E-state index contributed by atoms with van der Waals surface area (Å²) in [6.07, 6.45) is 1.19. The number of urea groups is 1. The van der Waals surface area contributed by atoms with Crippen LogP contribution in [-0.2, 0) is 11.2 Å². The van der Waals surface area contributed by atoms with Crippen molar-refractivity contribution in [2.75, 3.05) is 18.4 Å². The second-order valence-electron chi connectivity index (χ2n) is 9.83. The maximum atomic E-state index is 12.9. The van der Waals surface area contributed by atoms with E-state index in [1.807, 2.05) is 24.3 Å². The van der Waals surface area contributed by atoms with Crippen molar-refractivity contribution < 1.29 is 19.5 Å². The molecule has 10 nitrogen and oxygen atoms in total. The van der Waals surface area contributed by atoms with Gasteiger partial charge in [0.15, 0.2) is 0 Å². The zero-order chi connectivity index (χ0) is 29.1. The number of carboxylic acid groups (broad SMARTS) is 1. The molecule has 0 bridgehead atoms. The number of hydrogen-bond acceptors (Lipinski definition) is 4. The van der Waals surface area contributed by atoms with Crippen LogP contribution in [0.5, 0.6) is 0 Å². The summed E-state index contributed by atoms with van der Waals surface area (Å²) in [5.41, 5.74) is 2.70. The number of aliphatic carboxylic acids is 1. The Hall–Kier alpha value is -4.28. The number of benzene rings is 3. The van der Waals surface area contributed by atoms with Gasteiger partial charge in [0, 0.05) is 31.2 Å². The van der Waals surface area contributed by atoms with Crippen LogP contribution in [0, 0.1) is 0 Å². The number of halogens is 2. The van der Waals surface area contributed by atoms with Gasteiger partial charge in [-0.25, -0.2) is 14.4 Å². The first-order chi connectivity index (χ1) is 19.7. The highest BCUT2D eigenvalue weighted by molar-refractivity contribution is 6.40. The highest BCUT2D eigenvalue weighted by Crippen LogP contribution is 2.26. The largest absolute Gasteiger partial charge is 0.480 e. The van der Waals surface area contributed by atoms with Crippen LogP contribution in [0.3, 0.4) is 0 Å². The van der Waals surface area contributed by atoms with Crippen LogP contribution in [0.1, 0.15) is 34.8 Å². The monoisotopic (exact) mass is 595 g/mol. The Morgan fingerprint density at radius 3 is 2.27 bits per heavy atom. The number of carbonyl (C=O) groups excluding carboxylic acids is 2. The summed E-state index contributed by atoms with van der Waals surface area (Å²) in [5.74, 6) is -1.63. The lowest BCUT2D eigenvalue weighted by atomic mass is 10.0. The van der Waals surface area contributed by atoms with E-state index in [0.717, 1.165) is 11.0 Å². The minimum Gasteiger partial charge on any atom is -0.480 e. The maximum Gasteiger partial charge on any atom is 0.326 e. The Morgan fingerprint density at radius 1 is 0.951 bits per heavy atom. The molecule has 212 valence electrons. The summed E-state index contributed by atoms with van der Waals surface area (Å²) >= 11 is 12.2. The highest BCUT2D eigenvalue weighted by Gasteiger charge is 2.29. The van der Waals surface area contributed by atoms with Crippen LogP contribution in [0.2, 0.25) is 10.0 Å². The molecule has 0 radical (unpaired) electrons. The quantitative estimate of drug-likeness (QED) is 0.240. The molecule has 1 fully saturated rings. The van der Waals surface area contributed by atoms with Gasteiger partial charge in [-0.15, -0.1) is 0 Å². The van der Waals surface area contributed by atoms with Crippen LogP contribution in [-0.4, -0.2) is 56.6 Å². The number of hydrogen-bond donors (Lipinski definition) is 4. The Labute approximate surface area is 244 Å². The first-order valence-corrected chi connectivity index (χ1v) is 13.8. The molecule has 0 spiro atoms. The highest BCUT2D eigenvalue weighted by atomic mass is 35.5. The van der Waals surface area contributed by atoms with Gasteiger partial charge in [-0.05, 0) is 54.8 Å². The molecule has 12 heteroatoms. The van der Waals surface area contributed by atoms with Crippen LogP contribution in [0.4, 0.5) is 10.5 Å². The van der Waals surface area contributed by atoms with Gasteiger partial charge in [0.25, 0.3) is 5.91 Å². The number of aromatic nitrogens is 2. The van der Waals surface area contributed by atoms with E-state index < -0.39 is 23.9 Å². The maximum absolute atomic E-state index is 12.9. The third-order valence-corrected chi connectivity index (χ3v) is 7.81. The van der Waals surface area contributed by atoms with Gasteiger partial charge in [-0.3, -0.25) is 9.36 Å². The molecule has 1 atom stereocenters. The molecule has 4 N–H and O–H groups in total. The third-order valence-electron chi connectivity index (χ3n) is 7.18. The number of piperidine rings is 1. The summed E-state index contributed by atoms with van der Waals surface area (Å²) in [5, 5.41) is 15.6. The Bertz CT molecular complexity index is 1640. The SMILES string of the molecule is O=C(Nc1ccc(CC(NC(=O)N2CCC(n3c(=O)[nH]c4ccccc43)CC2)C(=O)O)cc1)c1c(Cl)cccc1Cl. The zero-order valence-electron chi connectivity index (χ0n) is 21.8. The molecule has 4 aromatic rings. The van der Waals surface area contributed by atoms with E-state index in [1.165, 1.54) is 0 Å². The lowest BCUT2D eigenvalue weighted by Gasteiger charge is -2.33. The first-order valence-electron chi connectivity index (χ1n) is 13.0. The van der Waals surface area contributed by atoms with Gasteiger partial charge in [-0.1, -0.05) is 53.5 Å². The van der Waals surface area contributed by atoms with Crippen molar-refractivity contribution in [2.24, 2.45) is 0 Å². The number of aromatic amines is 1. The number of nitrogens with zero attached hydrogens (tertiary/aromatic N) is 2. The lowest BCUT2D eigenvalue weighted by molar-refractivity contribution is -0.139. The number of fused-ring (bicyclic) bond motifs is 1. The van der Waals surface area contributed by atoms with Crippen molar-refractivity contribution in [3.8, 4) is 0 Å². The van der Waals surface area contributed by atoms with Gasteiger partial charge >= 0.3 is 17.7 Å². The molecule has 2 heterocycles. The summed E-state index contributed by atoms with van der Waals surface area (Å²) in [6.45, 7) is 0.775. The van der Waals surface area contributed by atoms with Crippen molar-refractivity contribution in [1.29, 1.82) is 0 Å². The number of H-pyrrole nitrogens is 1. The molecule has 1 saturated heterocycles. The van der Waals surface area contributed by atoms with Crippen molar-refractivity contribution in [1.82, 2.24) is 19.8 Å².